The molecule has 3 aromatic rings. The van der Waals surface area contributed by atoms with Crippen molar-refractivity contribution < 1.29 is 9.53 Å². The van der Waals surface area contributed by atoms with E-state index in [4.69, 9.17) is 4.74 Å². The van der Waals surface area contributed by atoms with E-state index in [-0.39, 0.29) is 5.97 Å². The number of para-hydroxylation sites is 1. The summed E-state index contributed by atoms with van der Waals surface area (Å²) in [6, 6.07) is 17.3. The maximum Gasteiger partial charge on any atom is 0.338 e. The van der Waals surface area contributed by atoms with Gasteiger partial charge in [0.1, 0.15) is 5.82 Å². The van der Waals surface area contributed by atoms with Crippen LogP contribution in [0.3, 0.4) is 0 Å². The van der Waals surface area contributed by atoms with Gasteiger partial charge in [0.15, 0.2) is 0 Å². The standard InChI is InChI=1S/C20H20N2O2/c1-3-12-24-20(23)15-8-10-16(11-9-15)21-19-13-14(2)17-6-4-5-7-18(17)22-19/h4-11,13H,3,12H2,1-2H3,(H,21,22). The molecule has 0 aliphatic heterocycles. The second-order valence-corrected chi connectivity index (χ2v) is 5.68. The number of aryl methyl sites for hydroxylation is 1. The van der Waals surface area contributed by atoms with Crippen LogP contribution in [0.5, 0.6) is 0 Å². The molecule has 122 valence electrons. The number of ether oxygens (including phenoxy) is 1. The zero-order chi connectivity index (χ0) is 16.9. The maximum atomic E-state index is 11.8. The number of hydrogen-bond donors (Lipinski definition) is 1. The van der Waals surface area contributed by atoms with Crippen molar-refractivity contribution in [3.05, 3.63) is 65.7 Å². The van der Waals surface area contributed by atoms with Gasteiger partial charge in [-0.25, -0.2) is 9.78 Å². The number of anilines is 2. The lowest BCUT2D eigenvalue weighted by Gasteiger charge is -2.10. The van der Waals surface area contributed by atoms with Crippen LogP contribution in [-0.4, -0.2) is 17.6 Å². The fraction of sp³-hybridized carbons (Fsp3) is 0.200. The predicted octanol–water partition coefficient (Wildman–Crippen LogP) is 4.85. The summed E-state index contributed by atoms with van der Waals surface area (Å²) in [5.74, 6) is 0.496. The van der Waals surface area contributed by atoms with E-state index in [1.54, 1.807) is 12.1 Å². The Bertz CT molecular complexity index is 857. The number of nitrogens with zero attached hydrogens (tertiary/aromatic N) is 1. The summed E-state index contributed by atoms with van der Waals surface area (Å²) >= 11 is 0. The van der Waals surface area contributed by atoms with E-state index >= 15 is 0 Å². The van der Waals surface area contributed by atoms with Crippen LogP contribution in [0, 0.1) is 6.92 Å². The van der Waals surface area contributed by atoms with Crippen LogP contribution < -0.4 is 5.32 Å². The number of fused-ring (bicyclic) bond motifs is 1. The number of benzene rings is 2. The normalized spacial score (nSPS) is 10.6. The SMILES string of the molecule is CCCOC(=O)c1ccc(Nc2cc(C)c3ccccc3n2)cc1. The minimum absolute atomic E-state index is 0.289. The number of rotatable bonds is 5. The molecule has 4 nitrogen and oxygen atoms in total. The fourth-order valence-electron chi connectivity index (χ4n) is 2.53. The summed E-state index contributed by atoms with van der Waals surface area (Å²) in [4.78, 5) is 16.4. The van der Waals surface area contributed by atoms with Crippen molar-refractivity contribution in [2.45, 2.75) is 20.3 Å². The van der Waals surface area contributed by atoms with Gasteiger partial charge in [0, 0.05) is 11.1 Å². The third kappa shape index (κ3) is 3.54. The molecule has 4 heteroatoms. The van der Waals surface area contributed by atoms with Gasteiger partial charge in [-0.15, -0.1) is 0 Å². The molecule has 0 bridgehead atoms. The Kier molecular flexibility index (Phi) is 4.75. The highest BCUT2D eigenvalue weighted by molar-refractivity contribution is 5.90. The molecule has 1 aromatic heterocycles. The molecular formula is C20H20N2O2. The van der Waals surface area contributed by atoms with E-state index < -0.39 is 0 Å². The lowest BCUT2D eigenvalue weighted by atomic mass is 10.1. The van der Waals surface area contributed by atoms with Crippen molar-refractivity contribution in [2.24, 2.45) is 0 Å². The first-order valence-corrected chi connectivity index (χ1v) is 8.08. The molecule has 0 unspecified atom stereocenters. The van der Waals surface area contributed by atoms with E-state index in [1.807, 2.05) is 43.3 Å². The van der Waals surface area contributed by atoms with Gasteiger partial charge in [-0.3, -0.25) is 0 Å². The van der Waals surface area contributed by atoms with Gasteiger partial charge >= 0.3 is 5.97 Å². The van der Waals surface area contributed by atoms with Crippen LogP contribution in [0.2, 0.25) is 0 Å². The van der Waals surface area contributed by atoms with Gasteiger partial charge in [-0.1, -0.05) is 25.1 Å². The molecule has 0 saturated heterocycles. The number of esters is 1. The fourth-order valence-corrected chi connectivity index (χ4v) is 2.53. The Morgan fingerprint density at radius 3 is 2.62 bits per heavy atom. The first-order valence-electron chi connectivity index (χ1n) is 8.08. The molecule has 0 aliphatic rings. The zero-order valence-corrected chi connectivity index (χ0v) is 13.9. The summed E-state index contributed by atoms with van der Waals surface area (Å²) in [6.07, 6.45) is 0.818. The Hall–Kier alpha value is -2.88. The molecular weight excluding hydrogens is 300 g/mol. The Morgan fingerprint density at radius 1 is 1.12 bits per heavy atom. The molecule has 0 radical (unpaired) electrons. The summed E-state index contributed by atoms with van der Waals surface area (Å²) in [5, 5.41) is 4.43. The van der Waals surface area contributed by atoms with Crippen molar-refractivity contribution in [3.8, 4) is 0 Å². The van der Waals surface area contributed by atoms with Gasteiger partial charge in [-0.05, 0) is 55.3 Å². The average molecular weight is 320 g/mol. The molecule has 0 aliphatic carbocycles. The van der Waals surface area contributed by atoms with E-state index in [0.29, 0.717) is 12.2 Å². The van der Waals surface area contributed by atoms with E-state index in [1.165, 1.54) is 5.56 Å². The van der Waals surface area contributed by atoms with Crippen molar-refractivity contribution >= 4 is 28.4 Å². The number of pyridine rings is 1. The smallest absolute Gasteiger partial charge is 0.338 e. The number of carbonyl (C=O) groups is 1. The third-order valence-corrected chi connectivity index (χ3v) is 3.75. The summed E-state index contributed by atoms with van der Waals surface area (Å²) in [5.41, 5.74) is 3.56. The maximum absolute atomic E-state index is 11.8. The Labute approximate surface area is 141 Å². The number of aromatic nitrogens is 1. The van der Waals surface area contributed by atoms with Crippen LogP contribution in [0.1, 0.15) is 29.3 Å². The number of hydrogen-bond acceptors (Lipinski definition) is 4. The topological polar surface area (TPSA) is 51.2 Å². The minimum atomic E-state index is -0.289. The highest BCUT2D eigenvalue weighted by Gasteiger charge is 2.07. The highest BCUT2D eigenvalue weighted by Crippen LogP contribution is 2.22. The quantitative estimate of drug-likeness (QED) is 0.683. The van der Waals surface area contributed by atoms with Gasteiger partial charge in [0.2, 0.25) is 0 Å². The van der Waals surface area contributed by atoms with Crippen LogP contribution in [0.4, 0.5) is 11.5 Å². The number of nitrogens with one attached hydrogen (secondary N) is 1. The van der Waals surface area contributed by atoms with Crippen LogP contribution in [-0.2, 0) is 4.74 Å². The second kappa shape index (κ2) is 7.13. The van der Waals surface area contributed by atoms with Crippen LogP contribution in [0.25, 0.3) is 10.9 Å². The number of carbonyl (C=O) groups excluding carboxylic acids is 1. The lowest BCUT2D eigenvalue weighted by Crippen LogP contribution is -2.05. The van der Waals surface area contributed by atoms with Gasteiger partial charge in [-0.2, -0.15) is 0 Å². The molecule has 0 amide bonds. The monoisotopic (exact) mass is 320 g/mol. The van der Waals surface area contributed by atoms with Crippen molar-refractivity contribution in [3.63, 3.8) is 0 Å². The van der Waals surface area contributed by atoms with E-state index in [0.717, 1.165) is 28.8 Å². The molecule has 1 N–H and O–H groups in total. The second-order valence-electron chi connectivity index (χ2n) is 5.68. The summed E-state index contributed by atoms with van der Waals surface area (Å²) in [7, 11) is 0. The van der Waals surface area contributed by atoms with Crippen LogP contribution >= 0.6 is 0 Å². The molecule has 24 heavy (non-hydrogen) atoms. The van der Waals surface area contributed by atoms with Gasteiger partial charge in [0.05, 0.1) is 17.7 Å². The van der Waals surface area contributed by atoms with Crippen molar-refractivity contribution in [2.75, 3.05) is 11.9 Å². The van der Waals surface area contributed by atoms with Crippen LogP contribution in [0.15, 0.2) is 54.6 Å². The van der Waals surface area contributed by atoms with Crippen molar-refractivity contribution in [1.29, 1.82) is 0 Å². The Balaban J connectivity index is 1.78. The molecule has 0 spiro atoms. The molecule has 0 fully saturated rings. The molecule has 3 rings (SSSR count). The van der Waals surface area contributed by atoms with Gasteiger partial charge in [0.25, 0.3) is 0 Å². The van der Waals surface area contributed by atoms with Gasteiger partial charge < -0.3 is 10.1 Å². The predicted molar refractivity (Wildman–Crippen MR) is 96.8 cm³/mol. The van der Waals surface area contributed by atoms with E-state index in [2.05, 4.69) is 23.3 Å². The largest absolute Gasteiger partial charge is 0.462 e. The third-order valence-electron chi connectivity index (χ3n) is 3.75. The first kappa shape index (κ1) is 16.0. The highest BCUT2D eigenvalue weighted by atomic mass is 16.5. The molecule has 1 heterocycles. The summed E-state index contributed by atoms with van der Waals surface area (Å²) < 4.78 is 5.13. The summed E-state index contributed by atoms with van der Waals surface area (Å²) in [6.45, 7) is 4.49. The minimum Gasteiger partial charge on any atom is -0.462 e. The molecule has 0 saturated carbocycles. The Morgan fingerprint density at radius 2 is 1.88 bits per heavy atom. The zero-order valence-electron chi connectivity index (χ0n) is 13.9. The van der Waals surface area contributed by atoms with Crippen molar-refractivity contribution in [1.82, 2.24) is 4.98 Å². The first-order chi connectivity index (χ1) is 11.7. The lowest BCUT2D eigenvalue weighted by molar-refractivity contribution is 0.0505. The average Bonchev–Trinajstić information content (AvgIpc) is 2.60. The molecule has 2 aromatic carbocycles. The van der Waals surface area contributed by atoms with E-state index in [9.17, 15) is 4.79 Å². The molecule has 0 atom stereocenters.